The van der Waals surface area contributed by atoms with Crippen molar-refractivity contribution in [3.63, 3.8) is 0 Å². The van der Waals surface area contributed by atoms with E-state index < -0.39 is 5.82 Å². The third-order valence-corrected chi connectivity index (χ3v) is 3.66. The van der Waals surface area contributed by atoms with Crippen LogP contribution in [-0.2, 0) is 4.74 Å². The minimum atomic E-state index is -0.468. The van der Waals surface area contributed by atoms with Gasteiger partial charge in [0.25, 0.3) is 5.91 Å². The molecule has 21 heavy (non-hydrogen) atoms. The summed E-state index contributed by atoms with van der Waals surface area (Å²) in [5.41, 5.74) is 0.134. The van der Waals surface area contributed by atoms with Crippen molar-refractivity contribution in [3.8, 4) is 0 Å². The lowest BCUT2D eigenvalue weighted by atomic mass is 10.1. The van der Waals surface area contributed by atoms with Gasteiger partial charge in [0.1, 0.15) is 5.82 Å². The van der Waals surface area contributed by atoms with Gasteiger partial charge >= 0.3 is 0 Å². The standard InChI is InChI=1S/C16H23FN2O2/c1-18(2)9-10-19(12-13-6-5-11-21-13)16(20)14-7-3-4-8-15(14)17/h3-4,7-8,13H,5-6,9-12H2,1-2H3/t13-/m1/s1. The summed E-state index contributed by atoms with van der Waals surface area (Å²) in [6.45, 7) is 2.59. The fourth-order valence-electron chi connectivity index (χ4n) is 2.44. The van der Waals surface area contributed by atoms with Crippen LogP contribution in [0.15, 0.2) is 24.3 Å². The van der Waals surface area contributed by atoms with E-state index in [0.717, 1.165) is 26.0 Å². The number of hydrogen-bond donors (Lipinski definition) is 0. The molecule has 1 heterocycles. The zero-order valence-corrected chi connectivity index (χ0v) is 12.7. The summed E-state index contributed by atoms with van der Waals surface area (Å²) in [4.78, 5) is 16.3. The first-order valence-corrected chi connectivity index (χ1v) is 7.38. The van der Waals surface area contributed by atoms with Crippen LogP contribution in [0.4, 0.5) is 4.39 Å². The first-order valence-electron chi connectivity index (χ1n) is 7.38. The molecule has 1 amide bonds. The predicted molar refractivity (Wildman–Crippen MR) is 79.8 cm³/mol. The Bertz CT molecular complexity index is 473. The van der Waals surface area contributed by atoms with E-state index >= 15 is 0 Å². The second kappa shape index (κ2) is 7.52. The van der Waals surface area contributed by atoms with Crippen molar-refractivity contribution in [1.82, 2.24) is 9.80 Å². The van der Waals surface area contributed by atoms with E-state index in [-0.39, 0.29) is 17.6 Å². The lowest BCUT2D eigenvalue weighted by Crippen LogP contribution is -2.41. The van der Waals surface area contributed by atoms with Crippen molar-refractivity contribution in [2.75, 3.05) is 40.3 Å². The molecule has 0 N–H and O–H groups in total. The van der Waals surface area contributed by atoms with Crippen LogP contribution in [0.3, 0.4) is 0 Å². The molecule has 1 aliphatic rings. The number of carbonyl (C=O) groups is 1. The largest absolute Gasteiger partial charge is 0.376 e. The zero-order valence-electron chi connectivity index (χ0n) is 12.7. The molecule has 1 aliphatic heterocycles. The van der Waals surface area contributed by atoms with Crippen molar-refractivity contribution in [1.29, 1.82) is 0 Å². The molecule has 0 bridgehead atoms. The Hall–Kier alpha value is -1.46. The van der Waals surface area contributed by atoms with Crippen molar-refractivity contribution >= 4 is 5.91 Å². The molecule has 1 atom stereocenters. The summed E-state index contributed by atoms with van der Waals surface area (Å²) < 4.78 is 19.4. The Labute approximate surface area is 125 Å². The van der Waals surface area contributed by atoms with Crippen LogP contribution < -0.4 is 0 Å². The average molecular weight is 294 g/mol. The molecule has 2 rings (SSSR count). The number of halogens is 1. The van der Waals surface area contributed by atoms with Crippen LogP contribution in [0.5, 0.6) is 0 Å². The molecule has 0 aromatic heterocycles. The summed E-state index contributed by atoms with van der Waals surface area (Å²) in [5, 5.41) is 0. The SMILES string of the molecule is CN(C)CCN(C[C@H]1CCCO1)C(=O)c1ccccc1F. The molecule has 1 saturated heterocycles. The zero-order chi connectivity index (χ0) is 15.2. The highest BCUT2D eigenvalue weighted by atomic mass is 19.1. The first-order chi connectivity index (χ1) is 10.1. The number of amides is 1. The summed E-state index contributed by atoms with van der Waals surface area (Å²) in [6, 6.07) is 6.14. The number of hydrogen-bond acceptors (Lipinski definition) is 3. The maximum absolute atomic E-state index is 13.8. The van der Waals surface area contributed by atoms with E-state index in [9.17, 15) is 9.18 Å². The normalized spacial score (nSPS) is 18.2. The highest BCUT2D eigenvalue weighted by Gasteiger charge is 2.24. The molecule has 0 spiro atoms. The Morgan fingerprint density at radius 1 is 1.33 bits per heavy atom. The smallest absolute Gasteiger partial charge is 0.256 e. The fourth-order valence-corrected chi connectivity index (χ4v) is 2.44. The second-order valence-electron chi connectivity index (χ2n) is 5.67. The molecule has 0 saturated carbocycles. The molecule has 116 valence electrons. The summed E-state index contributed by atoms with van der Waals surface area (Å²) >= 11 is 0. The molecular weight excluding hydrogens is 271 g/mol. The molecular formula is C16H23FN2O2. The Morgan fingerprint density at radius 2 is 2.10 bits per heavy atom. The van der Waals surface area contributed by atoms with E-state index in [4.69, 9.17) is 4.74 Å². The number of ether oxygens (including phenoxy) is 1. The van der Waals surface area contributed by atoms with E-state index in [2.05, 4.69) is 0 Å². The van der Waals surface area contributed by atoms with Gasteiger partial charge in [0.15, 0.2) is 0 Å². The maximum Gasteiger partial charge on any atom is 0.256 e. The maximum atomic E-state index is 13.8. The number of carbonyl (C=O) groups excluding carboxylic acids is 1. The van der Waals surface area contributed by atoms with Gasteiger partial charge in [-0.15, -0.1) is 0 Å². The average Bonchev–Trinajstić information content (AvgIpc) is 2.96. The third-order valence-electron chi connectivity index (χ3n) is 3.66. The molecule has 1 aromatic rings. The van der Waals surface area contributed by atoms with Crippen LogP contribution in [0, 0.1) is 5.82 Å². The third kappa shape index (κ3) is 4.51. The highest BCUT2D eigenvalue weighted by Crippen LogP contribution is 2.16. The number of rotatable bonds is 6. The number of likely N-dealkylation sites (N-methyl/N-ethyl adjacent to an activating group) is 1. The predicted octanol–water partition coefficient (Wildman–Crippen LogP) is 2.01. The van der Waals surface area contributed by atoms with E-state index in [1.807, 2.05) is 19.0 Å². The summed E-state index contributed by atoms with van der Waals surface area (Å²) in [7, 11) is 3.91. The van der Waals surface area contributed by atoms with Crippen molar-refractivity contribution < 1.29 is 13.9 Å². The van der Waals surface area contributed by atoms with Crippen LogP contribution in [0.2, 0.25) is 0 Å². The van der Waals surface area contributed by atoms with Gasteiger partial charge < -0.3 is 14.5 Å². The molecule has 4 nitrogen and oxygen atoms in total. The van der Waals surface area contributed by atoms with E-state index in [1.54, 1.807) is 17.0 Å². The van der Waals surface area contributed by atoms with Gasteiger partial charge in [-0.3, -0.25) is 4.79 Å². The summed E-state index contributed by atoms with van der Waals surface area (Å²) in [6.07, 6.45) is 2.06. The minimum absolute atomic E-state index is 0.0721. The lowest BCUT2D eigenvalue weighted by Gasteiger charge is -2.27. The van der Waals surface area contributed by atoms with Crippen molar-refractivity contribution in [2.24, 2.45) is 0 Å². The van der Waals surface area contributed by atoms with Crippen LogP contribution in [-0.4, -0.2) is 62.1 Å². The Morgan fingerprint density at radius 3 is 2.71 bits per heavy atom. The molecule has 0 radical (unpaired) electrons. The topological polar surface area (TPSA) is 32.8 Å². The van der Waals surface area contributed by atoms with Crippen molar-refractivity contribution in [2.45, 2.75) is 18.9 Å². The van der Waals surface area contributed by atoms with Gasteiger partial charge in [0.05, 0.1) is 11.7 Å². The number of benzene rings is 1. The molecule has 0 aliphatic carbocycles. The Kier molecular flexibility index (Phi) is 5.70. The van der Waals surface area contributed by atoms with Gasteiger partial charge in [0.2, 0.25) is 0 Å². The highest BCUT2D eigenvalue weighted by molar-refractivity contribution is 5.94. The van der Waals surface area contributed by atoms with Gasteiger partial charge in [-0.05, 0) is 39.1 Å². The quantitative estimate of drug-likeness (QED) is 0.804. The molecule has 0 unspecified atom stereocenters. The number of nitrogens with zero attached hydrogens (tertiary/aromatic N) is 2. The monoisotopic (exact) mass is 294 g/mol. The Balaban J connectivity index is 2.09. The lowest BCUT2D eigenvalue weighted by molar-refractivity contribution is 0.0508. The van der Waals surface area contributed by atoms with Crippen LogP contribution >= 0.6 is 0 Å². The van der Waals surface area contributed by atoms with E-state index in [1.165, 1.54) is 12.1 Å². The van der Waals surface area contributed by atoms with Gasteiger partial charge in [-0.2, -0.15) is 0 Å². The first kappa shape index (κ1) is 15.9. The molecule has 1 aromatic carbocycles. The molecule has 1 fully saturated rings. The summed E-state index contributed by atoms with van der Waals surface area (Å²) in [5.74, 6) is -0.727. The van der Waals surface area contributed by atoms with Crippen LogP contribution in [0.25, 0.3) is 0 Å². The second-order valence-corrected chi connectivity index (χ2v) is 5.67. The minimum Gasteiger partial charge on any atom is -0.376 e. The van der Waals surface area contributed by atoms with Crippen LogP contribution in [0.1, 0.15) is 23.2 Å². The van der Waals surface area contributed by atoms with Gasteiger partial charge in [0, 0.05) is 26.2 Å². The fraction of sp³-hybridized carbons (Fsp3) is 0.562. The molecule has 5 heteroatoms. The van der Waals surface area contributed by atoms with Gasteiger partial charge in [-0.1, -0.05) is 12.1 Å². The van der Waals surface area contributed by atoms with Gasteiger partial charge in [-0.25, -0.2) is 4.39 Å². The van der Waals surface area contributed by atoms with E-state index in [0.29, 0.717) is 13.1 Å². The van der Waals surface area contributed by atoms with Crippen molar-refractivity contribution in [3.05, 3.63) is 35.6 Å².